The fraction of sp³-hybridized carbons (Fsp3) is 0.300. The van der Waals surface area contributed by atoms with E-state index >= 15 is 0 Å². The number of likely N-dealkylation sites (tertiary alicyclic amines) is 1. The van der Waals surface area contributed by atoms with Crippen molar-refractivity contribution in [3.8, 4) is 0 Å². The summed E-state index contributed by atoms with van der Waals surface area (Å²) in [6, 6.07) is 9.42. The van der Waals surface area contributed by atoms with E-state index < -0.39 is 10.8 Å². The molecule has 3 rings (SSSR count). The normalized spacial score (nSPS) is 14.9. The molecule has 1 saturated heterocycles. The molecule has 0 aliphatic carbocycles. The van der Waals surface area contributed by atoms with Crippen LogP contribution in [0.25, 0.3) is 6.08 Å². The van der Waals surface area contributed by atoms with Crippen molar-refractivity contribution >= 4 is 23.6 Å². The zero-order chi connectivity index (χ0) is 19.9. The Balaban J connectivity index is 1.46. The molecule has 2 heterocycles. The van der Waals surface area contributed by atoms with E-state index in [1.807, 2.05) is 0 Å². The van der Waals surface area contributed by atoms with Crippen molar-refractivity contribution in [1.29, 1.82) is 0 Å². The van der Waals surface area contributed by atoms with Crippen LogP contribution in [0.15, 0.2) is 53.2 Å². The van der Waals surface area contributed by atoms with Crippen LogP contribution in [0, 0.1) is 16.0 Å². The number of hydrogen-bond donors (Lipinski definition) is 1. The van der Waals surface area contributed by atoms with E-state index in [9.17, 15) is 19.7 Å². The molecule has 0 unspecified atom stereocenters. The van der Waals surface area contributed by atoms with Crippen LogP contribution < -0.4 is 5.32 Å². The molecule has 146 valence electrons. The van der Waals surface area contributed by atoms with Crippen LogP contribution in [0.5, 0.6) is 0 Å². The van der Waals surface area contributed by atoms with Gasteiger partial charge in [-0.05, 0) is 43.0 Å². The lowest BCUT2D eigenvalue weighted by molar-refractivity contribution is -0.385. The molecule has 2 amide bonds. The highest BCUT2D eigenvalue weighted by Gasteiger charge is 2.24. The molecule has 0 saturated carbocycles. The Bertz CT molecular complexity index is 868. The topological polar surface area (TPSA) is 106 Å². The first kappa shape index (κ1) is 19.3. The molecule has 8 nitrogen and oxygen atoms in total. The Hall–Kier alpha value is -3.42. The molecular formula is C20H21N3O5. The summed E-state index contributed by atoms with van der Waals surface area (Å²) in [5.74, 6) is 0.330. The number of rotatable bonds is 6. The summed E-state index contributed by atoms with van der Waals surface area (Å²) in [7, 11) is 0. The number of carbonyl (C=O) groups is 2. The third-order valence-electron chi connectivity index (χ3n) is 4.76. The van der Waals surface area contributed by atoms with Crippen LogP contribution in [-0.2, 0) is 4.79 Å². The number of piperidine rings is 1. The summed E-state index contributed by atoms with van der Waals surface area (Å²) < 4.78 is 5.16. The van der Waals surface area contributed by atoms with Crippen molar-refractivity contribution in [1.82, 2.24) is 10.2 Å². The van der Waals surface area contributed by atoms with Gasteiger partial charge >= 0.3 is 0 Å². The molecule has 0 radical (unpaired) electrons. The number of benzene rings is 1. The van der Waals surface area contributed by atoms with Crippen LogP contribution in [0.3, 0.4) is 0 Å². The molecule has 1 N–H and O–H groups in total. The van der Waals surface area contributed by atoms with Gasteiger partial charge in [-0.1, -0.05) is 12.1 Å². The van der Waals surface area contributed by atoms with Gasteiger partial charge in [0.2, 0.25) is 5.91 Å². The van der Waals surface area contributed by atoms with Gasteiger partial charge in [0.05, 0.1) is 11.2 Å². The summed E-state index contributed by atoms with van der Waals surface area (Å²) in [4.78, 5) is 36.7. The van der Waals surface area contributed by atoms with Crippen molar-refractivity contribution in [2.24, 2.45) is 5.92 Å². The molecule has 0 spiro atoms. The highest BCUT2D eigenvalue weighted by molar-refractivity contribution is 5.98. The Kier molecular flexibility index (Phi) is 6.21. The van der Waals surface area contributed by atoms with Crippen molar-refractivity contribution in [3.63, 3.8) is 0 Å². The third-order valence-corrected chi connectivity index (χ3v) is 4.76. The average Bonchev–Trinajstić information content (AvgIpc) is 3.24. The van der Waals surface area contributed by atoms with Crippen molar-refractivity contribution in [3.05, 3.63) is 70.2 Å². The van der Waals surface area contributed by atoms with E-state index in [0.29, 0.717) is 25.4 Å². The number of nitrogens with one attached hydrogen (secondary N) is 1. The molecule has 28 heavy (non-hydrogen) atoms. The van der Waals surface area contributed by atoms with E-state index in [-0.39, 0.29) is 23.1 Å². The number of nitro groups is 1. The van der Waals surface area contributed by atoms with E-state index in [0.717, 1.165) is 12.8 Å². The van der Waals surface area contributed by atoms with Gasteiger partial charge in [-0.25, -0.2) is 0 Å². The van der Waals surface area contributed by atoms with Crippen LogP contribution in [0.1, 0.15) is 29.0 Å². The molecular weight excluding hydrogens is 362 g/mol. The minimum atomic E-state index is -0.560. The number of para-hydroxylation sites is 1. The molecule has 0 atom stereocenters. The second-order valence-corrected chi connectivity index (χ2v) is 6.60. The first-order valence-corrected chi connectivity index (χ1v) is 9.06. The maximum absolute atomic E-state index is 12.3. The number of furan rings is 1. The lowest BCUT2D eigenvalue weighted by atomic mass is 9.96. The standard InChI is InChI=1S/C20H21N3O5/c24-19(8-7-16-4-3-13-28-16)22-11-9-15(10-12-22)14-21-20(25)17-5-1-2-6-18(17)23(26)27/h1-8,13,15H,9-12,14H2,(H,21,25)/b8-7+. The molecule has 2 aromatic rings. The summed E-state index contributed by atoms with van der Waals surface area (Å²) in [5, 5.41) is 13.8. The number of amides is 2. The van der Waals surface area contributed by atoms with Gasteiger partial charge in [0.25, 0.3) is 11.6 Å². The predicted molar refractivity (Wildman–Crippen MR) is 102 cm³/mol. The molecule has 1 aliphatic rings. The SMILES string of the molecule is O=C(NCC1CCN(C(=O)/C=C/c2ccco2)CC1)c1ccccc1[N+](=O)[O-]. The highest BCUT2D eigenvalue weighted by atomic mass is 16.6. The summed E-state index contributed by atoms with van der Waals surface area (Å²) >= 11 is 0. The molecule has 1 aromatic heterocycles. The molecule has 1 aliphatic heterocycles. The minimum Gasteiger partial charge on any atom is -0.465 e. The van der Waals surface area contributed by atoms with Gasteiger partial charge in [-0.3, -0.25) is 19.7 Å². The lowest BCUT2D eigenvalue weighted by Crippen LogP contribution is -2.41. The summed E-state index contributed by atoms with van der Waals surface area (Å²) in [6.45, 7) is 1.63. The van der Waals surface area contributed by atoms with Crippen LogP contribution >= 0.6 is 0 Å². The second kappa shape index (κ2) is 8.98. The lowest BCUT2D eigenvalue weighted by Gasteiger charge is -2.31. The predicted octanol–water partition coefficient (Wildman–Crippen LogP) is 2.87. The fourth-order valence-corrected chi connectivity index (χ4v) is 3.16. The Morgan fingerprint density at radius 1 is 1.21 bits per heavy atom. The average molecular weight is 383 g/mol. The van der Waals surface area contributed by atoms with E-state index in [2.05, 4.69) is 5.32 Å². The van der Waals surface area contributed by atoms with Gasteiger partial charge in [0, 0.05) is 31.8 Å². The van der Waals surface area contributed by atoms with Crippen molar-refractivity contribution in [2.45, 2.75) is 12.8 Å². The van der Waals surface area contributed by atoms with Gasteiger partial charge in [0.15, 0.2) is 0 Å². The number of nitro benzene ring substituents is 1. The first-order valence-electron chi connectivity index (χ1n) is 9.06. The number of carbonyl (C=O) groups excluding carboxylic acids is 2. The quantitative estimate of drug-likeness (QED) is 0.469. The second-order valence-electron chi connectivity index (χ2n) is 6.60. The van der Waals surface area contributed by atoms with E-state index in [4.69, 9.17) is 4.42 Å². The zero-order valence-corrected chi connectivity index (χ0v) is 15.2. The van der Waals surface area contributed by atoms with Crippen LogP contribution in [0.2, 0.25) is 0 Å². The van der Waals surface area contributed by atoms with Crippen LogP contribution in [0.4, 0.5) is 5.69 Å². The molecule has 0 bridgehead atoms. The Morgan fingerprint density at radius 2 is 1.96 bits per heavy atom. The van der Waals surface area contributed by atoms with E-state index in [1.54, 1.807) is 35.4 Å². The number of nitrogens with zero attached hydrogens (tertiary/aromatic N) is 2. The first-order chi connectivity index (χ1) is 13.5. The minimum absolute atomic E-state index is 0.0585. The van der Waals surface area contributed by atoms with Gasteiger partial charge in [-0.2, -0.15) is 0 Å². The van der Waals surface area contributed by atoms with Crippen LogP contribution in [-0.4, -0.2) is 41.3 Å². The molecule has 1 aromatic carbocycles. The van der Waals surface area contributed by atoms with Crippen molar-refractivity contribution in [2.75, 3.05) is 19.6 Å². The largest absolute Gasteiger partial charge is 0.465 e. The molecule has 1 fully saturated rings. The highest BCUT2D eigenvalue weighted by Crippen LogP contribution is 2.19. The maximum atomic E-state index is 12.3. The smallest absolute Gasteiger partial charge is 0.282 e. The summed E-state index contributed by atoms with van der Waals surface area (Å²) in [6.07, 6.45) is 6.21. The zero-order valence-electron chi connectivity index (χ0n) is 15.2. The van der Waals surface area contributed by atoms with Crippen molar-refractivity contribution < 1.29 is 18.9 Å². The maximum Gasteiger partial charge on any atom is 0.282 e. The van der Waals surface area contributed by atoms with Gasteiger partial charge in [-0.15, -0.1) is 0 Å². The Morgan fingerprint density at radius 3 is 2.64 bits per heavy atom. The van der Waals surface area contributed by atoms with E-state index in [1.165, 1.54) is 24.3 Å². The number of hydrogen-bond acceptors (Lipinski definition) is 5. The third kappa shape index (κ3) is 4.85. The van der Waals surface area contributed by atoms with Gasteiger partial charge < -0.3 is 14.6 Å². The fourth-order valence-electron chi connectivity index (χ4n) is 3.16. The monoisotopic (exact) mass is 383 g/mol. The van der Waals surface area contributed by atoms with Gasteiger partial charge in [0.1, 0.15) is 11.3 Å². The summed E-state index contributed by atoms with van der Waals surface area (Å²) in [5.41, 5.74) is -0.146. The molecule has 8 heteroatoms. The Labute approximate surface area is 162 Å².